The Labute approximate surface area is 101 Å². The number of carbonyl (C=O) groups is 2. The van der Waals surface area contributed by atoms with Crippen molar-refractivity contribution in [2.24, 2.45) is 0 Å². The number of rotatable bonds is 4. The van der Waals surface area contributed by atoms with E-state index in [1.54, 1.807) is 6.07 Å². The fourth-order valence-electron chi connectivity index (χ4n) is 2.32. The standard InChI is InChI=1S/C14H16O3/c1-3-5-9-7-8-11-12(10(9)6-4-2)14(16)17-13(11)15/h7-8H,3-6H2,1-2H3. The maximum Gasteiger partial charge on any atom is 0.347 e. The number of carbonyl (C=O) groups excluding carboxylic acids is 2. The van der Waals surface area contributed by atoms with Crippen LogP contribution in [-0.2, 0) is 17.6 Å². The maximum atomic E-state index is 11.7. The molecule has 0 bridgehead atoms. The summed E-state index contributed by atoms with van der Waals surface area (Å²) >= 11 is 0. The molecule has 0 atom stereocenters. The number of hydrogen-bond donors (Lipinski definition) is 0. The van der Waals surface area contributed by atoms with Gasteiger partial charge in [-0.3, -0.25) is 0 Å². The smallest absolute Gasteiger partial charge is 0.347 e. The van der Waals surface area contributed by atoms with Gasteiger partial charge in [0.15, 0.2) is 0 Å². The first kappa shape index (κ1) is 11.8. The molecule has 1 aliphatic rings. The van der Waals surface area contributed by atoms with Crippen LogP contribution < -0.4 is 0 Å². The Hall–Kier alpha value is -1.64. The summed E-state index contributed by atoms with van der Waals surface area (Å²) < 4.78 is 4.67. The Balaban J connectivity index is 2.57. The van der Waals surface area contributed by atoms with Crippen molar-refractivity contribution in [1.82, 2.24) is 0 Å². The van der Waals surface area contributed by atoms with Crippen molar-refractivity contribution in [1.29, 1.82) is 0 Å². The number of ether oxygens (including phenoxy) is 1. The third-order valence-corrected chi connectivity index (χ3v) is 3.04. The number of fused-ring (bicyclic) bond motifs is 1. The molecule has 0 amide bonds. The van der Waals surface area contributed by atoms with E-state index < -0.39 is 11.9 Å². The summed E-state index contributed by atoms with van der Waals surface area (Å²) in [4.78, 5) is 23.1. The maximum absolute atomic E-state index is 11.7. The minimum absolute atomic E-state index is 0.429. The minimum atomic E-state index is -0.509. The summed E-state index contributed by atoms with van der Waals surface area (Å²) in [6, 6.07) is 3.67. The Kier molecular flexibility index (Phi) is 3.27. The van der Waals surface area contributed by atoms with E-state index in [4.69, 9.17) is 0 Å². The van der Waals surface area contributed by atoms with Gasteiger partial charge in [-0.25, -0.2) is 9.59 Å². The summed E-state index contributed by atoms with van der Waals surface area (Å²) in [7, 11) is 0. The summed E-state index contributed by atoms with van der Waals surface area (Å²) in [6.45, 7) is 4.17. The molecule has 90 valence electrons. The van der Waals surface area contributed by atoms with Gasteiger partial charge in [0.05, 0.1) is 11.1 Å². The largest absolute Gasteiger partial charge is 0.386 e. The second-order valence-electron chi connectivity index (χ2n) is 4.30. The topological polar surface area (TPSA) is 43.4 Å². The van der Waals surface area contributed by atoms with E-state index in [0.717, 1.165) is 31.2 Å². The molecule has 1 aromatic carbocycles. The fourth-order valence-corrected chi connectivity index (χ4v) is 2.32. The lowest BCUT2D eigenvalue weighted by molar-refractivity contribution is 0.0443. The molecule has 3 heteroatoms. The molecule has 17 heavy (non-hydrogen) atoms. The summed E-state index contributed by atoms with van der Waals surface area (Å²) in [5.41, 5.74) is 3.10. The van der Waals surface area contributed by atoms with Gasteiger partial charge in [-0.1, -0.05) is 32.8 Å². The fraction of sp³-hybridized carbons (Fsp3) is 0.429. The molecule has 0 N–H and O–H groups in total. The van der Waals surface area contributed by atoms with Gasteiger partial charge < -0.3 is 4.74 Å². The van der Waals surface area contributed by atoms with Crippen LogP contribution in [0.1, 0.15) is 58.5 Å². The summed E-state index contributed by atoms with van der Waals surface area (Å²) in [6.07, 6.45) is 3.73. The lowest BCUT2D eigenvalue weighted by atomic mass is 9.92. The second-order valence-corrected chi connectivity index (χ2v) is 4.30. The minimum Gasteiger partial charge on any atom is -0.386 e. The number of hydrogen-bond acceptors (Lipinski definition) is 3. The molecule has 3 nitrogen and oxygen atoms in total. The van der Waals surface area contributed by atoms with Crippen molar-refractivity contribution >= 4 is 11.9 Å². The lowest BCUT2D eigenvalue weighted by Crippen LogP contribution is -2.04. The SMILES string of the molecule is CCCc1ccc2c(c1CCC)C(=O)OC2=O. The molecule has 0 saturated heterocycles. The van der Waals surface area contributed by atoms with Crippen LogP contribution >= 0.6 is 0 Å². The highest BCUT2D eigenvalue weighted by Gasteiger charge is 2.32. The number of benzene rings is 1. The van der Waals surface area contributed by atoms with E-state index >= 15 is 0 Å². The highest BCUT2D eigenvalue weighted by molar-refractivity contribution is 6.15. The molecular formula is C14H16O3. The lowest BCUT2D eigenvalue weighted by Gasteiger charge is -2.10. The molecule has 0 radical (unpaired) electrons. The van der Waals surface area contributed by atoms with E-state index in [2.05, 4.69) is 18.6 Å². The van der Waals surface area contributed by atoms with Crippen LogP contribution in [-0.4, -0.2) is 11.9 Å². The first-order valence-corrected chi connectivity index (χ1v) is 6.10. The van der Waals surface area contributed by atoms with Crippen molar-refractivity contribution in [2.45, 2.75) is 39.5 Å². The van der Waals surface area contributed by atoms with Crippen molar-refractivity contribution in [3.63, 3.8) is 0 Å². The quantitative estimate of drug-likeness (QED) is 0.592. The Bertz CT molecular complexity index is 475. The molecule has 0 unspecified atom stereocenters. The van der Waals surface area contributed by atoms with Crippen LogP contribution in [0.5, 0.6) is 0 Å². The first-order valence-electron chi connectivity index (χ1n) is 6.10. The van der Waals surface area contributed by atoms with Crippen LogP contribution in [0.3, 0.4) is 0 Å². The van der Waals surface area contributed by atoms with Crippen molar-refractivity contribution < 1.29 is 14.3 Å². The van der Waals surface area contributed by atoms with Gasteiger partial charge >= 0.3 is 11.9 Å². The molecule has 0 fully saturated rings. The number of aryl methyl sites for hydroxylation is 1. The van der Waals surface area contributed by atoms with Crippen LogP contribution in [0, 0.1) is 0 Å². The third-order valence-electron chi connectivity index (χ3n) is 3.04. The van der Waals surface area contributed by atoms with Gasteiger partial charge in [0.1, 0.15) is 0 Å². The third kappa shape index (κ3) is 1.97. The average Bonchev–Trinajstić information content (AvgIpc) is 2.58. The van der Waals surface area contributed by atoms with E-state index in [0.29, 0.717) is 11.1 Å². The van der Waals surface area contributed by atoms with Gasteiger partial charge in [-0.05, 0) is 30.0 Å². The predicted molar refractivity (Wildman–Crippen MR) is 64.2 cm³/mol. The number of esters is 2. The molecule has 1 heterocycles. The molecule has 0 aliphatic carbocycles. The zero-order chi connectivity index (χ0) is 12.4. The normalized spacial score (nSPS) is 13.8. The molecule has 1 aromatic rings. The first-order chi connectivity index (χ1) is 8.19. The highest BCUT2D eigenvalue weighted by atomic mass is 16.6. The Morgan fingerprint density at radius 1 is 1.00 bits per heavy atom. The van der Waals surface area contributed by atoms with Crippen molar-refractivity contribution in [3.05, 3.63) is 34.4 Å². The molecule has 0 spiro atoms. The van der Waals surface area contributed by atoms with Gasteiger partial charge in [0.2, 0.25) is 0 Å². The molecule has 0 saturated carbocycles. The van der Waals surface area contributed by atoms with Gasteiger partial charge in [0, 0.05) is 0 Å². The number of cyclic esters (lactones) is 2. The molecular weight excluding hydrogens is 216 g/mol. The van der Waals surface area contributed by atoms with Crippen molar-refractivity contribution in [3.8, 4) is 0 Å². The second kappa shape index (κ2) is 4.70. The van der Waals surface area contributed by atoms with E-state index in [9.17, 15) is 9.59 Å². The van der Waals surface area contributed by atoms with Gasteiger partial charge in [-0.2, -0.15) is 0 Å². The highest BCUT2D eigenvalue weighted by Crippen LogP contribution is 2.28. The zero-order valence-electron chi connectivity index (χ0n) is 10.2. The monoisotopic (exact) mass is 232 g/mol. The molecule has 1 aliphatic heterocycles. The average molecular weight is 232 g/mol. The predicted octanol–water partition coefficient (Wildman–Crippen LogP) is 2.90. The van der Waals surface area contributed by atoms with Crippen LogP contribution in [0.15, 0.2) is 12.1 Å². The summed E-state index contributed by atoms with van der Waals surface area (Å²) in [5.74, 6) is -0.989. The van der Waals surface area contributed by atoms with E-state index in [1.807, 2.05) is 6.07 Å². The summed E-state index contributed by atoms with van der Waals surface area (Å²) in [5, 5.41) is 0. The molecule has 0 aromatic heterocycles. The van der Waals surface area contributed by atoms with E-state index in [-0.39, 0.29) is 0 Å². The van der Waals surface area contributed by atoms with Gasteiger partial charge in [0.25, 0.3) is 0 Å². The molecule has 2 rings (SSSR count). The van der Waals surface area contributed by atoms with Gasteiger partial charge in [-0.15, -0.1) is 0 Å². The Morgan fingerprint density at radius 2 is 1.71 bits per heavy atom. The zero-order valence-corrected chi connectivity index (χ0v) is 10.2. The van der Waals surface area contributed by atoms with E-state index in [1.165, 1.54) is 5.56 Å². The Morgan fingerprint density at radius 3 is 2.35 bits per heavy atom. The van der Waals surface area contributed by atoms with Crippen LogP contribution in [0.2, 0.25) is 0 Å². The van der Waals surface area contributed by atoms with Crippen molar-refractivity contribution in [2.75, 3.05) is 0 Å². The van der Waals surface area contributed by atoms with Crippen LogP contribution in [0.25, 0.3) is 0 Å². The van der Waals surface area contributed by atoms with Crippen LogP contribution in [0.4, 0.5) is 0 Å².